The normalized spacial score (nSPS) is 11.8. The van der Waals surface area contributed by atoms with Crippen LogP contribution in [0.2, 0.25) is 0 Å². The summed E-state index contributed by atoms with van der Waals surface area (Å²) in [6.07, 6.45) is -0.285. The van der Waals surface area contributed by atoms with E-state index in [1.807, 2.05) is 0 Å². The molecule has 0 saturated heterocycles. The molecule has 1 atom stereocenters. The zero-order valence-corrected chi connectivity index (χ0v) is 11.3. The van der Waals surface area contributed by atoms with Gasteiger partial charge in [0.1, 0.15) is 5.75 Å². The van der Waals surface area contributed by atoms with E-state index in [4.69, 9.17) is 15.2 Å². The number of carbonyl (C=O) groups excluding carboxylic acids is 1. The molecule has 1 rings (SSSR count). The van der Waals surface area contributed by atoms with E-state index >= 15 is 0 Å². The van der Waals surface area contributed by atoms with Crippen molar-refractivity contribution < 1.29 is 19.2 Å². The number of hydrogen-bond acceptors (Lipinski definition) is 6. The molecule has 1 amide bonds. The minimum Gasteiger partial charge on any atom is -0.494 e. The third kappa shape index (κ3) is 4.18. The molecule has 0 aliphatic heterocycles. The third-order valence-corrected chi connectivity index (χ3v) is 2.68. The van der Waals surface area contributed by atoms with Crippen LogP contribution in [0, 0.1) is 10.1 Å². The Labute approximate surface area is 116 Å². The van der Waals surface area contributed by atoms with Gasteiger partial charge < -0.3 is 20.5 Å². The van der Waals surface area contributed by atoms with E-state index in [9.17, 15) is 14.9 Å². The molecule has 0 bridgehead atoms. The zero-order valence-electron chi connectivity index (χ0n) is 11.3. The number of nitro benzene ring substituents is 1. The third-order valence-electron chi connectivity index (χ3n) is 2.68. The number of rotatable bonds is 7. The topological polar surface area (TPSA) is 117 Å². The molecule has 110 valence electrons. The Morgan fingerprint density at radius 2 is 2.20 bits per heavy atom. The van der Waals surface area contributed by atoms with E-state index < -0.39 is 4.92 Å². The number of ether oxygens (including phenoxy) is 2. The molecule has 0 saturated carbocycles. The molecule has 20 heavy (non-hydrogen) atoms. The summed E-state index contributed by atoms with van der Waals surface area (Å²) >= 11 is 0. The summed E-state index contributed by atoms with van der Waals surface area (Å²) in [5.74, 6) is -0.0938. The molecule has 0 radical (unpaired) electrons. The second kappa shape index (κ2) is 7.41. The van der Waals surface area contributed by atoms with Crippen LogP contribution in [0.15, 0.2) is 18.2 Å². The van der Waals surface area contributed by atoms with Crippen molar-refractivity contribution >= 4 is 17.3 Å². The van der Waals surface area contributed by atoms with Crippen LogP contribution in [0.3, 0.4) is 0 Å². The van der Waals surface area contributed by atoms with Crippen LogP contribution in [-0.4, -0.2) is 37.7 Å². The predicted octanol–water partition coefficient (Wildman–Crippen LogP) is 0.906. The molecule has 8 nitrogen and oxygen atoms in total. The highest BCUT2D eigenvalue weighted by molar-refractivity contribution is 5.92. The number of hydrogen-bond donors (Lipinski definition) is 2. The SMILES string of the molecule is COc1cc([N+](=O)[O-])ccc1NC(=O)CC(CN)OC. The Balaban J connectivity index is 2.81. The highest BCUT2D eigenvalue weighted by Gasteiger charge is 2.15. The number of non-ortho nitro benzene ring substituents is 1. The molecule has 3 N–H and O–H groups in total. The largest absolute Gasteiger partial charge is 0.494 e. The zero-order chi connectivity index (χ0) is 15.1. The second-order valence-electron chi connectivity index (χ2n) is 3.99. The number of anilines is 1. The molecule has 0 aromatic heterocycles. The van der Waals surface area contributed by atoms with E-state index in [0.717, 1.165) is 0 Å². The number of nitrogens with two attached hydrogens (primary N) is 1. The average Bonchev–Trinajstić information content (AvgIpc) is 2.44. The number of nitrogens with zero attached hydrogens (tertiary/aromatic N) is 1. The standard InChI is InChI=1S/C12H17N3O5/c1-19-9(7-13)6-12(16)14-10-4-3-8(15(17)18)5-11(10)20-2/h3-5,9H,6-7,13H2,1-2H3,(H,14,16). The van der Waals surface area contributed by atoms with Gasteiger partial charge in [-0.3, -0.25) is 14.9 Å². The van der Waals surface area contributed by atoms with E-state index in [2.05, 4.69) is 5.32 Å². The van der Waals surface area contributed by atoms with E-state index in [1.54, 1.807) is 0 Å². The second-order valence-corrected chi connectivity index (χ2v) is 3.99. The van der Waals surface area contributed by atoms with Gasteiger partial charge in [-0.1, -0.05) is 0 Å². The maximum atomic E-state index is 11.8. The number of nitrogens with one attached hydrogen (secondary N) is 1. The molecular formula is C12H17N3O5. The van der Waals surface area contributed by atoms with Crippen molar-refractivity contribution in [1.82, 2.24) is 0 Å². The highest BCUT2D eigenvalue weighted by atomic mass is 16.6. The summed E-state index contributed by atoms with van der Waals surface area (Å²) < 4.78 is 10.0. The maximum Gasteiger partial charge on any atom is 0.273 e. The monoisotopic (exact) mass is 283 g/mol. The van der Waals surface area contributed by atoms with Crippen LogP contribution in [-0.2, 0) is 9.53 Å². The number of benzene rings is 1. The van der Waals surface area contributed by atoms with Crippen molar-refractivity contribution in [3.05, 3.63) is 28.3 Å². The summed E-state index contributed by atoms with van der Waals surface area (Å²) in [5, 5.41) is 13.3. The Morgan fingerprint density at radius 3 is 2.70 bits per heavy atom. The first-order valence-electron chi connectivity index (χ1n) is 5.87. The number of carbonyl (C=O) groups is 1. The number of nitro groups is 1. The molecule has 0 heterocycles. The quantitative estimate of drug-likeness (QED) is 0.567. The van der Waals surface area contributed by atoms with Gasteiger partial charge in [0, 0.05) is 19.7 Å². The fourth-order valence-electron chi connectivity index (χ4n) is 1.57. The maximum absolute atomic E-state index is 11.8. The lowest BCUT2D eigenvalue weighted by molar-refractivity contribution is -0.384. The van der Waals surface area contributed by atoms with Crippen molar-refractivity contribution in [2.75, 3.05) is 26.1 Å². The van der Waals surface area contributed by atoms with Gasteiger partial charge in [0.2, 0.25) is 5.91 Å². The van der Waals surface area contributed by atoms with Gasteiger partial charge in [-0.2, -0.15) is 0 Å². The van der Waals surface area contributed by atoms with E-state index in [1.165, 1.54) is 32.4 Å². The molecule has 0 aliphatic rings. The minimum atomic E-state index is -0.538. The average molecular weight is 283 g/mol. The Bertz CT molecular complexity index is 488. The Hall–Kier alpha value is -2.19. The van der Waals surface area contributed by atoms with Gasteiger partial charge in [0.15, 0.2) is 0 Å². The molecule has 0 aliphatic carbocycles. The van der Waals surface area contributed by atoms with Crippen LogP contribution >= 0.6 is 0 Å². The van der Waals surface area contributed by atoms with E-state index in [0.29, 0.717) is 5.69 Å². The lowest BCUT2D eigenvalue weighted by Gasteiger charge is -2.14. The van der Waals surface area contributed by atoms with Crippen molar-refractivity contribution in [1.29, 1.82) is 0 Å². The lowest BCUT2D eigenvalue weighted by Crippen LogP contribution is -2.28. The highest BCUT2D eigenvalue weighted by Crippen LogP contribution is 2.29. The smallest absolute Gasteiger partial charge is 0.273 e. The fraction of sp³-hybridized carbons (Fsp3) is 0.417. The molecule has 8 heteroatoms. The summed E-state index contributed by atoms with van der Waals surface area (Å²) in [6.45, 7) is 0.224. The summed E-state index contributed by atoms with van der Waals surface area (Å²) in [7, 11) is 2.84. The van der Waals surface area contributed by atoms with Gasteiger partial charge in [-0.25, -0.2) is 0 Å². The summed E-state index contributed by atoms with van der Waals surface area (Å²) in [6, 6.07) is 3.94. The molecule has 1 unspecified atom stereocenters. The van der Waals surface area contributed by atoms with Crippen LogP contribution in [0.5, 0.6) is 5.75 Å². The van der Waals surface area contributed by atoms with Gasteiger partial charge in [0.25, 0.3) is 5.69 Å². The predicted molar refractivity (Wildman–Crippen MR) is 72.7 cm³/mol. The van der Waals surface area contributed by atoms with Crippen molar-refractivity contribution in [2.45, 2.75) is 12.5 Å². The molecule has 1 aromatic rings. The number of methoxy groups -OCH3 is 2. The Kier molecular flexibility index (Phi) is 5.88. The van der Waals surface area contributed by atoms with Gasteiger partial charge in [0.05, 0.1) is 36.3 Å². The molecule has 0 spiro atoms. The first kappa shape index (κ1) is 15.9. The van der Waals surface area contributed by atoms with Crippen molar-refractivity contribution in [2.24, 2.45) is 5.73 Å². The summed E-state index contributed by atoms with van der Waals surface area (Å²) in [4.78, 5) is 21.9. The van der Waals surface area contributed by atoms with Crippen molar-refractivity contribution in [3.63, 3.8) is 0 Å². The molecule has 0 fully saturated rings. The van der Waals surface area contributed by atoms with Gasteiger partial charge in [-0.15, -0.1) is 0 Å². The first-order valence-corrected chi connectivity index (χ1v) is 5.87. The lowest BCUT2D eigenvalue weighted by atomic mass is 10.2. The van der Waals surface area contributed by atoms with Gasteiger partial charge in [-0.05, 0) is 6.07 Å². The van der Waals surface area contributed by atoms with E-state index in [-0.39, 0.29) is 36.4 Å². The molecule has 1 aromatic carbocycles. The van der Waals surface area contributed by atoms with Crippen LogP contribution in [0.4, 0.5) is 11.4 Å². The van der Waals surface area contributed by atoms with Crippen LogP contribution in [0.25, 0.3) is 0 Å². The fourth-order valence-corrected chi connectivity index (χ4v) is 1.57. The van der Waals surface area contributed by atoms with Gasteiger partial charge >= 0.3 is 0 Å². The summed E-state index contributed by atoms with van der Waals surface area (Å²) in [5.41, 5.74) is 5.67. The minimum absolute atomic E-state index is 0.0904. The van der Waals surface area contributed by atoms with Crippen LogP contribution in [0.1, 0.15) is 6.42 Å². The number of amides is 1. The van der Waals surface area contributed by atoms with Crippen LogP contribution < -0.4 is 15.8 Å². The van der Waals surface area contributed by atoms with Crippen molar-refractivity contribution in [3.8, 4) is 5.75 Å². The first-order chi connectivity index (χ1) is 9.51. The Morgan fingerprint density at radius 1 is 1.50 bits per heavy atom. The molecular weight excluding hydrogens is 266 g/mol.